The summed E-state index contributed by atoms with van der Waals surface area (Å²) in [5, 5.41) is 0. The fraction of sp³-hybridized carbons (Fsp3) is 0.350. The van der Waals surface area contributed by atoms with Gasteiger partial charge < -0.3 is 9.64 Å². The minimum absolute atomic E-state index is 0.120. The first-order valence-corrected chi connectivity index (χ1v) is 10.2. The van der Waals surface area contributed by atoms with Gasteiger partial charge in [-0.25, -0.2) is 13.1 Å². The van der Waals surface area contributed by atoms with Crippen molar-refractivity contribution in [3.63, 3.8) is 0 Å². The second-order valence-corrected chi connectivity index (χ2v) is 8.10. The van der Waals surface area contributed by atoms with E-state index < -0.39 is 10.0 Å². The fourth-order valence-electron chi connectivity index (χ4n) is 2.64. The predicted octanol–water partition coefficient (Wildman–Crippen LogP) is 2.58. The molecule has 2 aromatic carbocycles. The summed E-state index contributed by atoms with van der Waals surface area (Å²) >= 11 is 0. The fourth-order valence-corrected chi connectivity index (χ4v) is 3.93. The normalized spacial score (nSPS) is 11.4. The second-order valence-electron chi connectivity index (χ2n) is 6.36. The molecule has 7 heteroatoms. The van der Waals surface area contributed by atoms with Crippen LogP contribution in [0, 0.1) is 6.92 Å². The highest BCUT2D eigenvalue weighted by molar-refractivity contribution is 7.89. The average Bonchev–Trinajstić information content (AvgIpc) is 2.67. The maximum Gasteiger partial charge on any atom is 0.253 e. The summed E-state index contributed by atoms with van der Waals surface area (Å²) in [5.41, 5.74) is 1.80. The molecule has 0 aliphatic heterocycles. The molecule has 1 N–H and O–H groups in total. The summed E-state index contributed by atoms with van der Waals surface area (Å²) in [6.45, 7) is 3.01. The van der Waals surface area contributed by atoms with Crippen LogP contribution in [-0.4, -0.2) is 46.5 Å². The number of ether oxygens (including phenoxy) is 1. The Labute approximate surface area is 161 Å². The van der Waals surface area contributed by atoms with Crippen molar-refractivity contribution in [2.45, 2.75) is 24.8 Å². The molecule has 2 rings (SSSR count). The van der Waals surface area contributed by atoms with Crippen LogP contribution in [-0.2, 0) is 21.3 Å². The molecular weight excluding hydrogens is 364 g/mol. The Morgan fingerprint density at radius 2 is 1.85 bits per heavy atom. The molecule has 146 valence electrons. The van der Waals surface area contributed by atoms with Gasteiger partial charge >= 0.3 is 0 Å². The summed E-state index contributed by atoms with van der Waals surface area (Å²) in [5.74, 6) is -0.217. The standard InChI is InChI=1S/C20H26N2O4S/c1-16-10-11-18(20(23)22(2)12-7-13-26-3)14-19(16)27(24,25)21-15-17-8-5-4-6-9-17/h4-6,8-11,14,21H,7,12-13,15H2,1-3H3. The SMILES string of the molecule is COCCCN(C)C(=O)c1ccc(C)c(S(=O)(=O)NCc2ccccc2)c1. The van der Waals surface area contributed by atoms with E-state index >= 15 is 0 Å². The highest BCUT2D eigenvalue weighted by Gasteiger charge is 2.20. The number of hydrogen-bond acceptors (Lipinski definition) is 4. The van der Waals surface area contributed by atoms with Crippen LogP contribution in [0.3, 0.4) is 0 Å². The first-order chi connectivity index (χ1) is 12.8. The van der Waals surface area contributed by atoms with Gasteiger partial charge in [0.1, 0.15) is 0 Å². The van der Waals surface area contributed by atoms with E-state index in [1.807, 2.05) is 30.3 Å². The van der Waals surface area contributed by atoms with Gasteiger partial charge in [-0.2, -0.15) is 0 Å². The molecule has 0 bridgehead atoms. The summed E-state index contributed by atoms with van der Waals surface area (Å²) in [7, 11) is -0.426. The van der Waals surface area contributed by atoms with E-state index in [9.17, 15) is 13.2 Å². The highest BCUT2D eigenvalue weighted by atomic mass is 32.2. The Kier molecular flexibility index (Phi) is 7.53. The van der Waals surface area contributed by atoms with Gasteiger partial charge in [-0.15, -0.1) is 0 Å². The van der Waals surface area contributed by atoms with Gasteiger partial charge in [-0.3, -0.25) is 4.79 Å². The van der Waals surface area contributed by atoms with E-state index in [1.54, 1.807) is 38.1 Å². The Balaban J connectivity index is 2.16. The Bertz CT molecular complexity index is 867. The third-order valence-corrected chi connectivity index (χ3v) is 5.77. The Morgan fingerprint density at radius 1 is 1.15 bits per heavy atom. The molecule has 27 heavy (non-hydrogen) atoms. The van der Waals surface area contributed by atoms with Gasteiger partial charge in [0.2, 0.25) is 10.0 Å². The largest absolute Gasteiger partial charge is 0.385 e. The van der Waals surface area contributed by atoms with Gasteiger partial charge in [-0.05, 0) is 36.6 Å². The van der Waals surface area contributed by atoms with Crippen molar-refractivity contribution < 1.29 is 17.9 Å². The minimum Gasteiger partial charge on any atom is -0.385 e. The van der Waals surface area contributed by atoms with Crippen LogP contribution in [0.2, 0.25) is 0 Å². The van der Waals surface area contributed by atoms with Crippen LogP contribution < -0.4 is 4.72 Å². The highest BCUT2D eigenvalue weighted by Crippen LogP contribution is 2.18. The lowest BCUT2D eigenvalue weighted by atomic mass is 10.1. The summed E-state index contributed by atoms with van der Waals surface area (Å²) in [6, 6.07) is 14.0. The molecule has 0 unspecified atom stereocenters. The molecule has 6 nitrogen and oxygen atoms in total. The van der Waals surface area contributed by atoms with Crippen molar-refractivity contribution in [1.29, 1.82) is 0 Å². The zero-order chi connectivity index (χ0) is 19.9. The van der Waals surface area contributed by atoms with Crippen molar-refractivity contribution in [3.05, 3.63) is 65.2 Å². The Hall–Kier alpha value is -2.22. The number of methoxy groups -OCH3 is 1. The summed E-state index contributed by atoms with van der Waals surface area (Å²) in [4.78, 5) is 14.3. The van der Waals surface area contributed by atoms with Gasteiger partial charge in [-0.1, -0.05) is 36.4 Å². The number of benzene rings is 2. The molecule has 0 aliphatic rings. The summed E-state index contributed by atoms with van der Waals surface area (Å²) < 4.78 is 33.1. The zero-order valence-corrected chi connectivity index (χ0v) is 16.8. The topological polar surface area (TPSA) is 75.7 Å². The van der Waals surface area contributed by atoms with E-state index in [0.717, 1.165) is 5.56 Å². The summed E-state index contributed by atoms with van der Waals surface area (Å²) in [6.07, 6.45) is 0.717. The molecule has 0 saturated carbocycles. The van der Waals surface area contributed by atoms with Gasteiger partial charge in [0.25, 0.3) is 5.91 Å². The number of nitrogens with one attached hydrogen (secondary N) is 1. The number of rotatable bonds is 9. The maximum absolute atomic E-state index is 12.7. The van der Waals surface area contributed by atoms with Crippen LogP contribution in [0.25, 0.3) is 0 Å². The smallest absolute Gasteiger partial charge is 0.253 e. The third kappa shape index (κ3) is 5.89. The number of nitrogens with zero attached hydrogens (tertiary/aromatic N) is 1. The number of amides is 1. The van der Waals surface area contributed by atoms with Crippen molar-refractivity contribution in [2.75, 3.05) is 27.3 Å². The number of carbonyl (C=O) groups excluding carboxylic acids is 1. The Morgan fingerprint density at radius 3 is 2.52 bits per heavy atom. The third-order valence-electron chi connectivity index (χ3n) is 4.22. The van der Waals surface area contributed by atoms with Crippen molar-refractivity contribution in [1.82, 2.24) is 9.62 Å². The predicted molar refractivity (Wildman–Crippen MR) is 105 cm³/mol. The van der Waals surface area contributed by atoms with Crippen molar-refractivity contribution in [3.8, 4) is 0 Å². The second kappa shape index (κ2) is 9.64. The van der Waals surface area contributed by atoms with Crippen LogP contribution >= 0.6 is 0 Å². The first kappa shape index (κ1) is 21.1. The molecular formula is C20H26N2O4S. The minimum atomic E-state index is -3.73. The molecule has 0 saturated heterocycles. The van der Waals surface area contributed by atoms with E-state index in [1.165, 1.54) is 6.07 Å². The molecule has 0 radical (unpaired) electrons. The lowest BCUT2D eigenvalue weighted by molar-refractivity contribution is 0.0779. The molecule has 2 aromatic rings. The lowest BCUT2D eigenvalue weighted by Crippen LogP contribution is -2.29. The lowest BCUT2D eigenvalue weighted by Gasteiger charge is -2.18. The van der Waals surface area contributed by atoms with Crippen LogP contribution in [0.1, 0.15) is 27.9 Å². The van der Waals surface area contributed by atoms with E-state index in [0.29, 0.717) is 30.7 Å². The average molecular weight is 391 g/mol. The van der Waals surface area contributed by atoms with Gasteiger partial charge in [0.15, 0.2) is 0 Å². The monoisotopic (exact) mass is 390 g/mol. The molecule has 0 fully saturated rings. The molecule has 0 heterocycles. The molecule has 0 aromatic heterocycles. The quantitative estimate of drug-likeness (QED) is 0.668. The first-order valence-electron chi connectivity index (χ1n) is 8.74. The molecule has 0 aliphatic carbocycles. The van der Waals surface area contributed by atoms with E-state index in [-0.39, 0.29) is 17.3 Å². The zero-order valence-electron chi connectivity index (χ0n) is 15.9. The number of aryl methyl sites for hydroxylation is 1. The van der Waals surface area contributed by atoms with Crippen LogP contribution in [0.5, 0.6) is 0 Å². The van der Waals surface area contributed by atoms with Crippen LogP contribution in [0.4, 0.5) is 0 Å². The van der Waals surface area contributed by atoms with E-state index in [4.69, 9.17) is 4.74 Å². The van der Waals surface area contributed by atoms with Gasteiger partial charge in [0.05, 0.1) is 4.90 Å². The van der Waals surface area contributed by atoms with Crippen molar-refractivity contribution in [2.24, 2.45) is 0 Å². The van der Waals surface area contributed by atoms with E-state index in [2.05, 4.69) is 4.72 Å². The van der Waals surface area contributed by atoms with Crippen LogP contribution in [0.15, 0.2) is 53.4 Å². The van der Waals surface area contributed by atoms with Gasteiger partial charge in [0, 0.05) is 39.4 Å². The number of hydrogen-bond donors (Lipinski definition) is 1. The number of sulfonamides is 1. The van der Waals surface area contributed by atoms with Crippen molar-refractivity contribution >= 4 is 15.9 Å². The molecule has 0 spiro atoms. The maximum atomic E-state index is 12.7. The molecule has 0 atom stereocenters. The number of carbonyl (C=O) groups is 1. The molecule has 1 amide bonds.